The van der Waals surface area contributed by atoms with Crippen LogP contribution in [0, 0.1) is 0 Å². The maximum atomic E-state index is 11.5. The Morgan fingerprint density at radius 2 is 2.50 bits per heavy atom. The van der Waals surface area contributed by atoms with Crippen LogP contribution in [0.25, 0.3) is 0 Å². The summed E-state index contributed by atoms with van der Waals surface area (Å²) >= 11 is 2.02. The van der Waals surface area contributed by atoms with Crippen LogP contribution in [-0.4, -0.2) is 25.1 Å². The Morgan fingerprint density at radius 1 is 1.75 bits per heavy atom. The fourth-order valence-corrected chi connectivity index (χ4v) is 2.84. The molecule has 0 amide bonds. The predicted molar refractivity (Wildman–Crippen MR) is 56.2 cm³/mol. The summed E-state index contributed by atoms with van der Waals surface area (Å²) in [5, 5.41) is 0. The molecule has 1 aliphatic carbocycles. The van der Waals surface area contributed by atoms with Gasteiger partial charge in [-0.25, -0.2) is 0 Å². The van der Waals surface area contributed by atoms with Crippen molar-refractivity contribution in [1.29, 1.82) is 0 Å². The van der Waals surface area contributed by atoms with E-state index in [1.54, 1.807) is 7.11 Å². The minimum Gasteiger partial charge on any atom is -0.381 e. The van der Waals surface area contributed by atoms with Crippen LogP contribution in [-0.2, 0) is 13.7 Å². The first-order chi connectivity index (χ1) is 5.75. The molecule has 0 N–H and O–H groups in total. The highest BCUT2D eigenvalue weighted by atomic mass is 127. The fraction of sp³-hybridized carbons (Fsp3) is 0.857. The summed E-state index contributed by atoms with van der Waals surface area (Å²) in [6, 6.07) is 0. The van der Waals surface area contributed by atoms with Gasteiger partial charge in [-0.05, 0) is 12.8 Å². The van der Waals surface area contributed by atoms with Crippen LogP contribution in [0.5, 0.6) is 0 Å². The molecule has 0 aliphatic heterocycles. The van der Waals surface area contributed by atoms with Gasteiger partial charge in [0.15, 0.2) is 11.4 Å². The first kappa shape index (κ1) is 10.7. The summed E-state index contributed by atoms with van der Waals surface area (Å²) in [5.74, 6) is 0.175. The van der Waals surface area contributed by atoms with Crippen LogP contribution in [0.15, 0.2) is 0 Å². The zero-order valence-electron chi connectivity index (χ0n) is 6.84. The van der Waals surface area contributed by atoms with E-state index in [-0.39, 0.29) is 5.78 Å². The van der Waals surface area contributed by atoms with Gasteiger partial charge in [-0.15, -0.1) is 0 Å². The van der Waals surface area contributed by atoms with Crippen molar-refractivity contribution in [2.45, 2.75) is 24.9 Å². The monoisotopic (exact) mass is 302 g/mol. The molecule has 70 valence electrons. The van der Waals surface area contributed by atoms with Gasteiger partial charge in [0, 0.05) is 34.7 Å². The Labute approximate surface area is 88.4 Å². The van der Waals surface area contributed by atoms with Gasteiger partial charge in [0.05, 0.1) is 15.8 Å². The molecule has 3 nitrogen and oxygen atoms in total. The largest absolute Gasteiger partial charge is 0.381 e. The normalized spacial score (nSPS) is 29.7. The smallest absolute Gasteiger partial charge is 0.168 e. The molecule has 0 aromatic carbocycles. The second-order valence-electron chi connectivity index (χ2n) is 2.85. The third-order valence-electron chi connectivity index (χ3n) is 2.06. The number of carbonyl (C=O) groups excluding carboxylic acids is 1. The molecule has 12 heavy (non-hydrogen) atoms. The van der Waals surface area contributed by atoms with Crippen molar-refractivity contribution in [3.05, 3.63) is 0 Å². The molecule has 0 saturated heterocycles. The van der Waals surface area contributed by atoms with E-state index < -0.39 is 5.60 Å². The van der Waals surface area contributed by atoms with E-state index in [0.29, 0.717) is 13.0 Å². The summed E-state index contributed by atoms with van der Waals surface area (Å²) in [5.41, 5.74) is -0.652. The van der Waals surface area contributed by atoms with Crippen molar-refractivity contribution < 1.29 is 13.7 Å². The minimum absolute atomic E-state index is 0.175. The van der Waals surface area contributed by atoms with E-state index in [1.807, 2.05) is 21.2 Å². The van der Waals surface area contributed by atoms with Crippen molar-refractivity contribution in [3.63, 3.8) is 0 Å². The lowest BCUT2D eigenvalue weighted by atomic mass is 10.0. The number of hydrogen-bond donors (Lipinski definition) is 0. The van der Waals surface area contributed by atoms with Crippen LogP contribution in [0.3, 0.4) is 0 Å². The van der Waals surface area contributed by atoms with Gasteiger partial charge in [0.2, 0.25) is 0 Å². The van der Waals surface area contributed by atoms with Gasteiger partial charge in [0.25, 0.3) is 0 Å². The quantitative estimate of drug-likeness (QED) is 0.589. The molecule has 0 aromatic rings. The van der Waals surface area contributed by atoms with Crippen molar-refractivity contribution in [2.75, 3.05) is 13.7 Å². The van der Waals surface area contributed by atoms with Gasteiger partial charge >= 0.3 is 0 Å². The maximum absolute atomic E-state index is 11.5. The number of hydrogen-bond acceptors (Lipinski definition) is 4. The van der Waals surface area contributed by atoms with Crippen LogP contribution in [0.1, 0.15) is 19.3 Å². The van der Waals surface area contributed by atoms with Crippen molar-refractivity contribution in [1.82, 2.24) is 0 Å². The SMILES string of the molecule is COCC1(OSI)CCCC1=O. The van der Waals surface area contributed by atoms with E-state index in [1.165, 1.54) is 9.21 Å². The minimum atomic E-state index is -0.652. The van der Waals surface area contributed by atoms with Crippen LogP contribution in [0.2, 0.25) is 0 Å². The fourth-order valence-electron chi connectivity index (χ4n) is 1.46. The number of carbonyl (C=O) groups is 1. The Balaban J connectivity index is 2.63. The second kappa shape index (κ2) is 4.78. The zero-order valence-corrected chi connectivity index (χ0v) is 9.81. The van der Waals surface area contributed by atoms with Gasteiger partial charge in [0.1, 0.15) is 0 Å². The molecule has 0 aromatic heterocycles. The standard InChI is InChI=1S/C7H11IO3S/c1-10-5-7(11-12-8)4-2-3-6(7)9/h2-5H2,1H3. The van der Waals surface area contributed by atoms with Crippen molar-refractivity contribution in [2.24, 2.45) is 0 Å². The molecule has 1 aliphatic rings. The third kappa shape index (κ3) is 2.12. The lowest BCUT2D eigenvalue weighted by Crippen LogP contribution is -2.39. The molecule has 0 heterocycles. The highest BCUT2D eigenvalue weighted by Crippen LogP contribution is 2.35. The number of methoxy groups -OCH3 is 1. The molecule has 0 spiro atoms. The van der Waals surface area contributed by atoms with Crippen molar-refractivity contribution in [3.8, 4) is 0 Å². The number of Topliss-reactive ketones (excluding diaryl/α,β-unsaturated/α-hetero) is 1. The molecular weight excluding hydrogens is 291 g/mol. The molecule has 0 radical (unpaired) electrons. The Bertz CT molecular complexity index is 168. The Hall–Kier alpha value is 0.670. The molecule has 1 fully saturated rings. The van der Waals surface area contributed by atoms with Crippen LogP contribution >= 0.6 is 30.4 Å². The summed E-state index contributed by atoms with van der Waals surface area (Å²) in [7, 11) is 2.80. The van der Waals surface area contributed by atoms with E-state index >= 15 is 0 Å². The van der Waals surface area contributed by atoms with Gasteiger partial charge in [-0.1, -0.05) is 0 Å². The summed E-state index contributed by atoms with van der Waals surface area (Å²) in [6.45, 7) is 0.377. The molecule has 5 heteroatoms. The van der Waals surface area contributed by atoms with E-state index in [4.69, 9.17) is 8.92 Å². The first-order valence-corrected chi connectivity index (χ1v) is 7.02. The molecule has 1 rings (SSSR count). The molecule has 0 bridgehead atoms. The predicted octanol–water partition coefficient (Wildman–Crippen LogP) is 2.14. The number of halogens is 1. The molecule has 1 saturated carbocycles. The van der Waals surface area contributed by atoms with Crippen molar-refractivity contribution >= 4 is 36.2 Å². The van der Waals surface area contributed by atoms with Crippen LogP contribution < -0.4 is 0 Å². The average molecular weight is 302 g/mol. The average Bonchev–Trinajstić information content (AvgIpc) is 2.35. The third-order valence-corrected chi connectivity index (χ3v) is 2.98. The first-order valence-electron chi connectivity index (χ1n) is 3.74. The zero-order chi connectivity index (χ0) is 9.03. The lowest BCUT2D eigenvalue weighted by Gasteiger charge is -2.23. The van der Waals surface area contributed by atoms with E-state index in [0.717, 1.165) is 12.8 Å². The van der Waals surface area contributed by atoms with Gasteiger partial charge < -0.3 is 4.74 Å². The highest BCUT2D eigenvalue weighted by molar-refractivity contribution is 14.2. The summed E-state index contributed by atoms with van der Waals surface area (Å²) in [4.78, 5) is 11.5. The summed E-state index contributed by atoms with van der Waals surface area (Å²) in [6.07, 6.45) is 2.33. The Kier molecular flexibility index (Phi) is 4.28. The van der Waals surface area contributed by atoms with Gasteiger partial charge in [-0.2, -0.15) is 0 Å². The Morgan fingerprint density at radius 3 is 2.92 bits per heavy atom. The lowest BCUT2D eigenvalue weighted by molar-refractivity contribution is -0.133. The number of rotatable bonds is 4. The number of ether oxygens (including phenoxy) is 1. The second-order valence-corrected chi connectivity index (χ2v) is 4.22. The molecular formula is C7H11IO3S. The highest BCUT2D eigenvalue weighted by Gasteiger charge is 2.43. The summed E-state index contributed by atoms with van der Waals surface area (Å²) < 4.78 is 10.4. The topological polar surface area (TPSA) is 35.5 Å². The van der Waals surface area contributed by atoms with E-state index in [2.05, 4.69) is 0 Å². The van der Waals surface area contributed by atoms with Gasteiger partial charge in [-0.3, -0.25) is 8.98 Å². The van der Waals surface area contributed by atoms with Crippen LogP contribution in [0.4, 0.5) is 0 Å². The van der Waals surface area contributed by atoms with E-state index in [9.17, 15) is 4.79 Å². The molecule has 1 unspecified atom stereocenters. The maximum Gasteiger partial charge on any atom is 0.168 e. The number of ketones is 1. The molecule has 1 atom stereocenters.